The minimum absolute atomic E-state index is 0.347. The monoisotopic (exact) mass is 226 g/mol. The molecule has 1 heterocycles. The van der Waals surface area contributed by atoms with Crippen molar-refractivity contribution in [3.05, 3.63) is 0 Å². The summed E-state index contributed by atoms with van der Waals surface area (Å²) in [5.74, 6) is 1.48. The number of ether oxygens (including phenoxy) is 1. The number of nitrogens with two attached hydrogens (primary N) is 1. The third-order valence-corrected chi connectivity index (χ3v) is 4.12. The van der Waals surface area contributed by atoms with Crippen LogP contribution in [0.1, 0.15) is 32.1 Å². The van der Waals surface area contributed by atoms with Crippen LogP contribution >= 0.6 is 0 Å². The number of rotatable bonds is 4. The van der Waals surface area contributed by atoms with Gasteiger partial charge in [-0.25, -0.2) is 0 Å². The second-order valence-corrected chi connectivity index (χ2v) is 5.66. The van der Waals surface area contributed by atoms with Gasteiger partial charge in [-0.2, -0.15) is 0 Å². The van der Waals surface area contributed by atoms with Crippen LogP contribution in [0.15, 0.2) is 0 Å². The van der Waals surface area contributed by atoms with E-state index in [1.165, 1.54) is 32.2 Å². The van der Waals surface area contributed by atoms with Crippen molar-refractivity contribution in [2.75, 3.05) is 33.4 Å². The first-order valence-electron chi connectivity index (χ1n) is 6.77. The van der Waals surface area contributed by atoms with E-state index in [2.05, 4.69) is 11.9 Å². The van der Waals surface area contributed by atoms with Gasteiger partial charge in [0.2, 0.25) is 0 Å². The highest BCUT2D eigenvalue weighted by Gasteiger charge is 2.25. The highest BCUT2D eigenvalue weighted by atomic mass is 16.5. The van der Waals surface area contributed by atoms with Gasteiger partial charge in [0.25, 0.3) is 0 Å². The quantitative estimate of drug-likeness (QED) is 0.789. The van der Waals surface area contributed by atoms with Gasteiger partial charge < -0.3 is 15.4 Å². The summed E-state index contributed by atoms with van der Waals surface area (Å²) in [5.41, 5.74) is 6.13. The molecule has 1 saturated heterocycles. The Morgan fingerprint density at radius 3 is 2.62 bits per heavy atom. The fourth-order valence-corrected chi connectivity index (χ4v) is 3.11. The third-order valence-electron chi connectivity index (χ3n) is 4.12. The molecule has 2 aliphatic rings. The van der Waals surface area contributed by atoms with Crippen LogP contribution in [0.2, 0.25) is 0 Å². The van der Waals surface area contributed by atoms with Crippen molar-refractivity contribution in [2.45, 2.75) is 38.1 Å². The third kappa shape index (κ3) is 3.44. The first-order valence-corrected chi connectivity index (χ1v) is 6.77. The van der Waals surface area contributed by atoms with Gasteiger partial charge in [0, 0.05) is 31.7 Å². The number of hydrogen-bond acceptors (Lipinski definition) is 3. The lowest BCUT2D eigenvalue weighted by molar-refractivity contribution is 0.0278. The molecule has 1 saturated carbocycles. The van der Waals surface area contributed by atoms with Crippen molar-refractivity contribution in [1.29, 1.82) is 0 Å². The molecule has 2 unspecified atom stereocenters. The summed E-state index contributed by atoms with van der Waals surface area (Å²) in [5, 5.41) is 0. The summed E-state index contributed by atoms with van der Waals surface area (Å²) in [4.78, 5) is 2.47. The number of nitrogens with zero attached hydrogens (tertiary/aromatic N) is 1. The van der Waals surface area contributed by atoms with E-state index in [4.69, 9.17) is 10.5 Å². The SMILES string of the molecule is CN(CC1CCCC1)CC1COCCC1N. The van der Waals surface area contributed by atoms with E-state index in [0.717, 1.165) is 32.1 Å². The molecule has 0 aromatic rings. The van der Waals surface area contributed by atoms with Crippen LogP contribution in [-0.2, 0) is 4.74 Å². The van der Waals surface area contributed by atoms with E-state index in [9.17, 15) is 0 Å². The molecule has 3 nitrogen and oxygen atoms in total. The van der Waals surface area contributed by atoms with Crippen LogP contribution in [-0.4, -0.2) is 44.3 Å². The van der Waals surface area contributed by atoms with E-state index >= 15 is 0 Å². The van der Waals surface area contributed by atoms with Crippen LogP contribution < -0.4 is 5.73 Å². The Kier molecular flexibility index (Phi) is 4.62. The second-order valence-electron chi connectivity index (χ2n) is 5.66. The molecule has 2 fully saturated rings. The summed E-state index contributed by atoms with van der Waals surface area (Å²) in [6, 6.07) is 0.347. The Labute approximate surface area is 99.3 Å². The summed E-state index contributed by atoms with van der Waals surface area (Å²) in [6.45, 7) is 4.07. The molecule has 0 aromatic heterocycles. The van der Waals surface area contributed by atoms with Crippen LogP contribution in [0.3, 0.4) is 0 Å². The summed E-state index contributed by atoms with van der Waals surface area (Å²) >= 11 is 0. The van der Waals surface area contributed by atoms with Crippen molar-refractivity contribution in [1.82, 2.24) is 4.90 Å². The smallest absolute Gasteiger partial charge is 0.0521 e. The molecule has 2 rings (SSSR count). The lowest BCUT2D eigenvalue weighted by Crippen LogP contribution is -2.45. The maximum absolute atomic E-state index is 6.13. The van der Waals surface area contributed by atoms with Crippen LogP contribution in [0.5, 0.6) is 0 Å². The molecule has 0 amide bonds. The van der Waals surface area contributed by atoms with Crippen molar-refractivity contribution < 1.29 is 4.74 Å². The van der Waals surface area contributed by atoms with E-state index in [1.807, 2.05) is 0 Å². The molecule has 0 spiro atoms. The molecule has 3 heteroatoms. The van der Waals surface area contributed by atoms with E-state index in [1.54, 1.807) is 0 Å². The normalized spacial score (nSPS) is 32.4. The molecule has 94 valence electrons. The summed E-state index contributed by atoms with van der Waals surface area (Å²) < 4.78 is 5.52. The first kappa shape index (κ1) is 12.3. The van der Waals surface area contributed by atoms with Gasteiger partial charge in [-0.3, -0.25) is 0 Å². The minimum atomic E-state index is 0.347. The van der Waals surface area contributed by atoms with Gasteiger partial charge in [-0.15, -0.1) is 0 Å². The maximum atomic E-state index is 6.13. The highest BCUT2D eigenvalue weighted by molar-refractivity contribution is 4.80. The lowest BCUT2D eigenvalue weighted by atomic mass is 9.96. The fourth-order valence-electron chi connectivity index (χ4n) is 3.11. The highest BCUT2D eigenvalue weighted by Crippen LogP contribution is 2.25. The fraction of sp³-hybridized carbons (Fsp3) is 1.00. The Morgan fingerprint density at radius 1 is 1.19 bits per heavy atom. The van der Waals surface area contributed by atoms with Crippen molar-refractivity contribution >= 4 is 0 Å². The molecule has 16 heavy (non-hydrogen) atoms. The average Bonchev–Trinajstić information content (AvgIpc) is 2.74. The van der Waals surface area contributed by atoms with Crippen LogP contribution in [0, 0.1) is 11.8 Å². The largest absolute Gasteiger partial charge is 0.381 e. The molecule has 1 aliphatic carbocycles. The van der Waals surface area contributed by atoms with Crippen LogP contribution in [0.25, 0.3) is 0 Å². The van der Waals surface area contributed by atoms with Crippen molar-refractivity contribution in [2.24, 2.45) is 17.6 Å². The number of hydrogen-bond donors (Lipinski definition) is 1. The summed E-state index contributed by atoms with van der Waals surface area (Å²) in [7, 11) is 2.24. The Hall–Kier alpha value is -0.120. The van der Waals surface area contributed by atoms with Crippen molar-refractivity contribution in [3.63, 3.8) is 0 Å². The zero-order chi connectivity index (χ0) is 11.4. The molecule has 0 radical (unpaired) electrons. The molecular formula is C13H26N2O. The maximum Gasteiger partial charge on any atom is 0.0521 e. The molecule has 0 bridgehead atoms. The molecule has 0 aromatic carbocycles. The second kappa shape index (κ2) is 5.99. The molecule has 2 N–H and O–H groups in total. The van der Waals surface area contributed by atoms with E-state index in [-0.39, 0.29) is 0 Å². The predicted octanol–water partition coefficient (Wildman–Crippen LogP) is 1.47. The Morgan fingerprint density at radius 2 is 1.94 bits per heavy atom. The Bertz CT molecular complexity index is 204. The van der Waals surface area contributed by atoms with Gasteiger partial charge in [0.1, 0.15) is 0 Å². The molecule has 1 aliphatic heterocycles. The van der Waals surface area contributed by atoms with Gasteiger partial charge >= 0.3 is 0 Å². The average molecular weight is 226 g/mol. The lowest BCUT2D eigenvalue weighted by Gasteiger charge is -2.32. The van der Waals surface area contributed by atoms with E-state index in [0.29, 0.717) is 12.0 Å². The standard InChI is InChI=1S/C13H26N2O/c1-15(8-11-4-2-3-5-11)9-12-10-16-7-6-13(12)14/h11-13H,2-10,14H2,1H3. The molecule has 2 atom stereocenters. The van der Waals surface area contributed by atoms with E-state index < -0.39 is 0 Å². The Balaban J connectivity index is 1.70. The predicted molar refractivity (Wildman–Crippen MR) is 66.4 cm³/mol. The topological polar surface area (TPSA) is 38.5 Å². The minimum Gasteiger partial charge on any atom is -0.381 e. The van der Waals surface area contributed by atoms with Gasteiger partial charge in [-0.1, -0.05) is 12.8 Å². The van der Waals surface area contributed by atoms with Gasteiger partial charge in [-0.05, 0) is 32.2 Å². The molecular weight excluding hydrogens is 200 g/mol. The van der Waals surface area contributed by atoms with Crippen molar-refractivity contribution in [3.8, 4) is 0 Å². The zero-order valence-corrected chi connectivity index (χ0v) is 10.5. The van der Waals surface area contributed by atoms with Crippen LogP contribution in [0.4, 0.5) is 0 Å². The first-order chi connectivity index (χ1) is 7.75. The van der Waals surface area contributed by atoms with Gasteiger partial charge in [0.05, 0.1) is 6.61 Å². The zero-order valence-electron chi connectivity index (χ0n) is 10.5. The summed E-state index contributed by atoms with van der Waals surface area (Å²) in [6.07, 6.45) is 6.76. The van der Waals surface area contributed by atoms with Gasteiger partial charge in [0.15, 0.2) is 0 Å².